The molecule has 0 aliphatic carbocycles. The topological polar surface area (TPSA) is 44.8 Å². The van der Waals surface area contributed by atoms with Crippen molar-refractivity contribution in [2.24, 2.45) is 0 Å². The lowest BCUT2D eigenvalue weighted by molar-refractivity contribution is -0.128. The number of carbonyl (C=O) groups excluding carboxylic acids is 1. The number of nitrogens with one attached hydrogen (secondary N) is 1. The first-order valence-corrected chi connectivity index (χ1v) is 10.4. The molecule has 0 saturated carbocycles. The average molecular weight is 374 g/mol. The predicted octanol–water partition coefficient (Wildman–Crippen LogP) is 2.27. The lowest BCUT2D eigenvalue weighted by atomic mass is 9.72. The number of piperidine rings is 2. The summed E-state index contributed by atoms with van der Waals surface area (Å²) in [5, 5.41) is 3.21. The lowest BCUT2D eigenvalue weighted by Crippen LogP contribution is -2.51. The molecule has 0 bridgehead atoms. The van der Waals surface area contributed by atoms with E-state index in [0.717, 1.165) is 70.5 Å². The van der Waals surface area contributed by atoms with Crippen molar-refractivity contribution in [3.8, 4) is 0 Å². The number of carbonyl (C=O) groups is 1. The van der Waals surface area contributed by atoms with E-state index < -0.39 is 0 Å². The molecule has 2 saturated heterocycles. The van der Waals surface area contributed by atoms with Gasteiger partial charge in [-0.1, -0.05) is 30.3 Å². The number of likely N-dealkylation sites (tertiary alicyclic amines) is 2. The van der Waals surface area contributed by atoms with Gasteiger partial charge in [0.05, 0.1) is 11.5 Å². The smallest absolute Gasteiger partial charge is 0.230 e. The van der Waals surface area contributed by atoms with Crippen LogP contribution in [0, 0.1) is 0 Å². The van der Waals surface area contributed by atoms with Crippen LogP contribution in [0.2, 0.25) is 0 Å². The highest BCUT2D eigenvalue weighted by Crippen LogP contribution is 2.35. The van der Waals surface area contributed by atoms with Crippen LogP contribution in [-0.2, 0) is 14.9 Å². The Morgan fingerprint density at radius 1 is 1.07 bits per heavy atom. The summed E-state index contributed by atoms with van der Waals surface area (Å²) in [6.45, 7) is 5.58. The van der Waals surface area contributed by atoms with E-state index in [1.54, 1.807) is 0 Å². The Balaban J connectivity index is 1.47. The Morgan fingerprint density at radius 2 is 1.70 bits per heavy atom. The van der Waals surface area contributed by atoms with Crippen molar-refractivity contribution in [3.63, 3.8) is 0 Å². The van der Waals surface area contributed by atoms with Crippen molar-refractivity contribution in [1.82, 2.24) is 15.1 Å². The molecule has 2 aliphatic heterocycles. The number of rotatable bonds is 7. The quantitative estimate of drug-likeness (QED) is 0.745. The fourth-order valence-corrected chi connectivity index (χ4v) is 4.25. The van der Waals surface area contributed by atoms with Crippen molar-refractivity contribution >= 4 is 5.91 Å². The van der Waals surface area contributed by atoms with Crippen molar-refractivity contribution in [2.75, 3.05) is 53.4 Å². The van der Waals surface area contributed by atoms with Gasteiger partial charge in [0.1, 0.15) is 0 Å². The summed E-state index contributed by atoms with van der Waals surface area (Å²) in [5.74, 6) is 0.182. The molecule has 5 nitrogen and oxygen atoms in total. The van der Waals surface area contributed by atoms with Gasteiger partial charge in [0.15, 0.2) is 0 Å². The van der Waals surface area contributed by atoms with Crippen molar-refractivity contribution in [1.29, 1.82) is 0 Å². The summed E-state index contributed by atoms with van der Waals surface area (Å²) in [7, 11) is 4.30. The summed E-state index contributed by atoms with van der Waals surface area (Å²) < 4.78 is 6.00. The second-order valence-electron chi connectivity index (χ2n) is 8.23. The third kappa shape index (κ3) is 5.31. The maximum Gasteiger partial charge on any atom is 0.230 e. The van der Waals surface area contributed by atoms with Crippen molar-refractivity contribution in [3.05, 3.63) is 35.9 Å². The molecule has 1 aromatic carbocycles. The first-order valence-electron chi connectivity index (χ1n) is 10.4. The van der Waals surface area contributed by atoms with E-state index >= 15 is 0 Å². The fourth-order valence-electron chi connectivity index (χ4n) is 4.25. The Bertz CT molecular complexity index is 576. The minimum atomic E-state index is -0.386. The zero-order chi connectivity index (χ0) is 19.1. The van der Waals surface area contributed by atoms with Gasteiger partial charge in [-0.05, 0) is 64.9 Å². The summed E-state index contributed by atoms with van der Waals surface area (Å²) in [4.78, 5) is 17.8. The van der Waals surface area contributed by atoms with Crippen LogP contribution in [-0.4, -0.2) is 75.2 Å². The van der Waals surface area contributed by atoms with Gasteiger partial charge in [0.2, 0.25) is 5.91 Å². The summed E-state index contributed by atoms with van der Waals surface area (Å²) in [6.07, 6.45) is 5.27. The van der Waals surface area contributed by atoms with E-state index in [1.165, 1.54) is 0 Å². The van der Waals surface area contributed by atoms with Gasteiger partial charge < -0.3 is 19.9 Å². The SMILES string of the molecule is CN1CCC(OCCCNC(=O)C2(c3ccccc3)CCN(C)CC2)CC1. The molecule has 2 heterocycles. The largest absolute Gasteiger partial charge is 0.378 e. The van der Waals surface area contributed by atoms with Gasteiger partial charge in [0.25, 0.3) is 0 Å². The second-order valence-corrected chi connectivity index (χ2v) is 8.23. The third-order valence-corrected chi connectivity index (χ3v) is 6.23. The molecule has 3 rings (SSSR count). The molecule has 0 aromatic heterocycles. The van der Waals surface area contributed by atoms with Gasteiger partial charge in [0, 0.05) is 26.2 Å². The Hall–Kier alpha value is -1.43. The van der Waals surface area contributed by atoms with E-state index in [4.69, 9.17) is 4.74 Å². The molecule has 0 spiro atoms. The van der Waals surface area contributed by atoms with Crippen LogP contribution >= 0.6 is 0 Å². The first-order chi connectivity index (χ1) is 13.1. The van der Waals surface area contributed by atoms with Gasteiger partial charge in [-0.25, -0.2) is 0 Å². The minimum absolute atomic E-state index is 0.182. The molecule has 27 heavy (non-hydrogen) atoms. The third-order valence-electron chi connectivity index (χ3n) is 6.23. The molecule has 1 N–H and O–H groups in total. The molecule has 150 valence electrons. The molecule has 0 unspecified atom stereocenters. The zero-order valence-electron chi connectivity index (χ0n) is 17.0. The molecule has 1 aromatic rings. The number of benzene rings is 1. The van der Waals surface area contributed by atoms with Crippen LogP contribution < -0.4 is 5.32 Å². The van der Waals surface area contributed by atoms with Crippen LogP contribution in [0.3, 0.4) is 0 Å². The van der Waals surface area contributed by atoms with Gasteiger partial charge >= 0.3 is 0 Å². The Morgan fingerprint density at radius 3 is 2.37 bits per heavy atom. The van der Waals surface area contributed by atoms with Crippen molar-refractivity contribution < 1.29 is 9.53 Å². The molecule has 5 heteroatoms. The Labute approximate surface area is 164 Å². The molecule has 1 amide bonds. The van der Waals surface area contributed by atoms with Gasteiger partial charge in [-0.3, -0.25) is 4.79 Å². The van der Waals surface area contributed by atoms with Crippen LogP contribution in [0.1, 0.15) is 37.7 Å². The second kappa shape index (κ2) is 9.67. The molecule has 2 aliphatic rings. The highest BCUT2D eigenvalue weighted by Gasteiger charge is 2.41. The van der Waals surface area contributed by atoms with Crippen LogP contribution in [0.5, 0.6) is 0 Å². The first kappa shape index (κ1) is 20.3. The summed E-state index contributed by atoms with van der Waals surface area (Å²) in [6, 6.07) is 10.3. The highest BCUT2D eigenvalue weighted by molar-refractivity contribution is 5.88. The molecular weight excluding hydrogens is 338 g/mol. The van der Waals surface area contributed by atoms with E-state index in [-0.39, 0.29) is 11.3 Å². The number of nitrogens with zero attached hydrogens (tertiary/aromatic N) is 2. The minimum Gasteiger partial charge on any atom is -0.378 e. The van der Waals surface area contributed by atoms with Gasteiger partial charge in [-0.2, -0.15) is 0 Å². The molecule has 0 radical (unpaired) electrons. The van der Waals surface area contributed by atoms with E-state index in [9.17, 15) is 4.79 Å². The average Bonchev–Trinajstić information content (AvgIpc) is 2.70. The van der Waals surface area contributed by atoms with Crippen LogP contribution in [0.25, 0.3) is 0 Å². The number of amides is 1. The summed E-state index contributed by atoms with van der Waals surface area (Å²) >= 11 is 0. The van der Waals surface area contributed by atoms with Crippen LogP contribution in [0.15, 0.2) is 30.3 Å². The monoisotopic (exact) mass is 373 g/mol. The lowest BCUT2D eigenvalue weighted by Gasteiger charge is -2.39. The van der Waals surface area contributed by atoms with E-state index in [0.29, 0.717) is 12.6 Å². The molecule has 2 fully saturated rings. The molecule has 0 atom stereocenters. The van der Waals surface area contributed by atoms with Crippen molar-refractivity contribution in [2.45, 2.75) is 43.6 Å². The zero-order valence-corrected chi connectivity index (χ0v) is 17.0. The van der Waals surface area contributed by atoms with E-state index in [1.807, 2.05) is 18.2 Å². The van der Waals surface area contributed by atoms with Gasteiger partial charge in [-0.15, -0.1) is 0 Å². The van der Waals surface area contributed by atoms with E-state index in [2.05, 4.69) is 41.3 Å². The van der Waals surface area contributed by atoms with Crippen LogP contribution in [0.4, 0.5) is 0 Å². The predicted molar refractivity (Wildman–Crippen MR) is 109 cm³/mol. The molecular formula is C22H35N3O2. The standard InChI is InChI=1S/C22H35N3O2/c1-24-14-9-20(10-15-24)27-18-6-13-23-21(26)22(11-16-25(2)17-12-22)19-7-4-3-5-8-19/h3-5,7-8,20H,6,9-18H2,1-2H3,(H,23,26). The number of ether oxygens (including phenoxy) is 1. The number of hydrogen-bond donors (Lipinski definition) is 1. The summed E-state index contributed by atoms with van der Waals surface area (Å²) in [5.41, 5.74) is 0.765. The fraction of sp³-hybridized carbons (Fsp3) is 0.682. The normalized spacial score (nSPS) is 21.9. The number of hydrogen-bond acceptors (Lipinski definition) is 4. The highest BCUT2D eigenvalue weighted by atomic mass is 16.5. The Kier molecular flexibility index (Phi) is 7.27. The maximum atomic E-state index is 13.2. The maximum absolute atomic E-state index is 13.2.